The van der Waals surface area contributed by atoms with E-state index in [-0.39, 0.29) is 0 Å². The van der Waals surface area contributed by atoms with Gasteiger partial charge in [0, 0.05) is 10.9 Å². The minimum Gasteiger partial charge on any atom is -0.317 e. The lowest BCUT2D eigenvalue weighted by Gasteiger charge is -2.34. The Morgan fingerprint density at radius 2 is 2.33 bits per heavy atom. The number of hydrogen-bond acceptors (Lipinski definition) is 2. The Kier molecular flexibility index (Phi) is 3.81. The van der Waals surface area contributed by atoms with E-state index in [1.807, 2.05) is 11.3 Å². The molecule has 2 heteroatoms. The van der Waals surface area contributed by atoms with E-state index >= 15 is 0 Å². The summed E-state index contributed by atoms with van der Waals surface area (Å²) in [5.41, 5.74) is 0. The van der Waals surface area contributed by atoms with Crippen molar-refractivity contribution in [3.8, 4) is 0 Å². The first-order valence-electron chi connectivity index (χ1n) is 5.99. The van der Waals surface area contributed by atoms with Crippen LogP contribution in [0.3, 0.4) is 0 Å². The van der Waals surface area contributed by atoms with Gasteiger partial charge in [-0.1, -0.05) is 13.0 Å². The van der Waals surface area contributed by atoms with Gasteiger partial charge in [-0.25, -0.2) is 0 Å². The first kappa shape index (κ1) is 11.2. The summed E-state index contributed by atoms with van der Waals surface area (Å²) in [4.78, 5) is 1.55. The van der Waals surface area contributed by atoms with Gasteiger partial charge >= 0.3 is 0 Å². The molecule has 0 radical (unpaired) electrons. The highest BCUT2D eigenvalue weighted by atomic mass is 32.1. The Morgan fingerprint density at radius 3 is 3.00 bits per heavy atom. The molecule has 1 nitrogen and oxygen atoms in total. The highest BCUT2D eigenvalue weighted by molar-refractivity contribution is 7.09. The first-order chi connectivity index (χ1) is 7.29. The fourth-order valence-corrected chi connectivity index (χ4v) is 3.59. The third-order valence-electron chi connectivity index (χ3n) is 3.66. The molecule has 0 saturated heterocycles. The van der Waals surface area contributed by atoms with E-state index < -0.39 is 0 Å². The van der Waals surface area contributed by atoms with Gasteiger partial charge in [0.2, 0.25) is 0 Å². The molecule has 1 aromatic heterocycles. The van der Waals surface area contributed by atoms with Gasteiger partial charge in [-0.2, -0.15) is 0 Å². The zero-order chi connectivity index (χ0) is 10.7. The molecular formula is C13H21NS. The van der Waals surface area contributed by atoms with E-state index in [0.717, 1.165) is 17.9 Å². The molecule has 15 heavy (non-hydrogen) atoms. The summed E-state index contributed by atoms with van der Waals surface area (Å²) < 4.78 is 0. The van der Waals surface area contributed by atoms with E-state index in [0.29, 0.717) is 0 Å². The molecule has 0 aromatic carbocycles. The molecule has 1 fully saturated rings. The molecule has 1 aromatic rings. The van der Waals surface area contributed by atoms with Crippen molar-refractivity contribution in [1.29, 1.82) is 0 Å². The van der Waals surface area contributed by atoms with Crippen LogP contribution in [-0.2, 0) is 6.42 Å². The highest BCUT2D eigenvalue weighted by Gasteiger charge is 2.27. The smallest absolute Gasteiger partial charge is 0.00959 e. The molecule has 1 heterocycles. The molecule has 84 valence electrons. The molecule has 0 aliphatic heterocycles. The second kappa shape index (κ2) is 5.13. The number of hydrogen-bond donors (Lipinski definition) is 1. The molecule has 0 spiro atoms. The van der Waals surface area contributed by atoms with E-state index in [2.05, 4.69) is 36.8 Å². The van der Waals surface area contributed by atoms with Crippen LogP contribution in [0.2, 0.25) is 0 Å². The van der Waals surface area contributed by atoms with E-state index in [1.165, 1.54) is 25.7 Å². The van der Waals surface area contributed by atoms with Crippen LogP contribution in [0.25, 0.3) is 0 Å². The SMILES string of the molecule is CNC1CCC(C)CC1Cc1cccs1. The summed E-state index contributed by atoms with van der Waals surface area (Å²) in [7, 11) is 2.11. The third kappa shape index (κ3) is 2.82. The first-order valence-corrected chi connectivity index (χ1v) is 6.87. The van der Waals surface area contributed by atoms with Crippen molar-refractivity contribution in [3.05, 3.63) is 22.4 Å². The minimum atomic E-state index is 0.739. The fourth-order valence-electron chi connectivity index (χ4n) is 2.79. The maximum atomic E-state index is 3.49. The Balaban J connectivity index is 1.98. The van der Waals surface area contributed by atoms with Crippen molar-refractivity contribution in [2.75, 3.05) is 7.05 Å². The molecule has 1 aliphatic rings. The molecule has 0 bridgehead atoms. The van der Waals surface area contributed by atoms with Crippen LogP contribution in [0.5, 0.6) is 0 Å². The fraction of sp³-hybridized carbons (Fsp3) is 0.692. The largest absolute Gasteiger partial charge is 0.317 e. The summed E-state index contributed by atoms with van der Waals surface area (Å²) in [6, 6.07) is 5.18. The van der Waals surface area contributed by atoms with Crippen molar-refractivity contribution < 1.29 is 0 Å². The van der Waals surface area contributed by atoms with Crippen LogP contribution < -0.4 is 5.32 Å². The topological polar surface area (TPSA) is 12.0 Å². The second-order valence-electron chi connectivity index (χ2n) is 4.86. The van der Waals surface area contributed by atoms with Crippen molar-refractivity contribution in [2.45, 2.75) is 38.6 Å². The van der Waals surface area contributed by atoms with Crippen LogP contribution in [0, 0.1) is 11.8 Å². The standard InChI is InChI=1S/C13H21NS/c1-10-5-6-13(14-2)11(8-10)9-12-4-3-7-15-12/h3-4,7,10-11,13-14H,5-6,8-9H2,1-2H3. The highest BCUT2D eigenvalue weighted by Crippen LogP contribution is 2.32. The predicted octanol–water partition coefficient (Wildman–Crippen LogP) is 3.31. The summed E-state index contributed by atoms with van der Waals surface area (Å²) in [5.74, 6) is 1.76. The van der Waals surface area contributed by atoms with Gasteiger partial charge in [-0.3, -0.25) is 0 Å². The lowest BCUT2D eigenvalue weighted by atomic mass is 9.77. The number of nitrogens with one attached hydrogen (secondary N) is 1. The van der Waals surface area contributed by atoms with Crippen LogP contribution >= 0.6 is 11.3 Å². The number of rotatable bonds is 3. The average Bonchev–Trinajstić information content (AvgIpc) is 2.71. The summed E-state index contributed by atoms with van der Waals surface area (Å²) >= 11 is 1.90. The van der Waals surface area contributed by atoms with Crippen molar-refractivity contribution >= 4 is 11.3 Å². The molecule has 2 rings (SSSR count). The van der Waals surface area contributed by atoms with Gasteiger partial charge in [0.1, 0.15) is 0 Å². The molecule has 0 amide bonds. The van der Waals surface area contributed by atoms with Crippen LogP contribution in [-0.4, -0.2) is 13.1 Å². The molecule has 3 unspecified atom stereocenters. The Morgan fingerprint density at radius 1 is 1.47 bits per heavy atom. The normalized spacial score (nSPS) is 31.7. The van der Waals surface area contributed by atoms with Gasteiger partial charge < -0.3 is 5.32 Å². The minimum absolute atomic E-state index is 0.739. The van der Waals surface area contributed by atoms with Crippen molar-refractivity contribution in [1.82, 2.24) is 5.32 Å². The van der Waals surface area contributed by atoms with Crippen molar-refractivity contribution in [2.24, 2.45) is 11.8 Å². The molecule has 1 N–H and O–H groups in total. The van der Waals surface area contributed by atoms with Crippen molar-refractivity contribution in [3.63, 3.8) is 0 Å². The molecule has 1 saturated carbocycles. The predicted molar refractivity (Wildman–Crippen MR) is 67.4 cm³/mol. The van der Waals surface area contributed by atoms with Crippen LogP contribution in [0.15, 0.2) is 17.5 Å². The van der Waals surface area contributed by atoms with Gasteiger partial charge in [-0.05, 0) is 56.0 Å². The van der Waals surface area contributed by atoms with E-state index in [1.54, 1.807) is 4.88 Å². The zero-order valence-electron chi connectivity index (χ0n) is 9.70. The lowest BCUT2D eigenvalue weighted by molar-refractivity contribution is 0.221. The molecule has 1 aliphatic carbocycles. The van der Waals surface area contributed by atoms with Gasteiger partial charge in [-0.15, -0.1) is 11.3 Å². The Bertz CT molecular complexity index is 281. The van der Waals surface area contributed by atoms with E-state index in [4.69, 9.17) is 0 Å². The Labute approximate surface area is 96.9 Å². The average molecular weight is 223 g/mol. The second-order valence-corrected chi connectivity index (χ2v) is 5.89. The Hall–Kier alpha value is -0.340. The van der Waals surface area contributed by atoms with Crippen LogP contribution in [0.4, 0.5) is 0 Å². The molecule has 3 atom stereocenters. The quantitative estimate of drug-likeness (QED) is 0.829. The maximum Gasteiger partial charge on any atom is 0.00959 e. The third-order valence-corrected chi connectivity index (χ3v) is 4.56. The lowest BCUT2D eigenvalue weighted by Crippen LogP contribution is -2.39. The van der Waals surface area contributed by atoms with Gasteiger partial charge in [0.25, 0.3) is 0 Å². The van der Waals surface area contributed by atoms with E-state index in [9.17, 15) is 0 Å². The summed E-state index contributed by atoms with van der Waals surface area (Å²) in [6.07, 6.45) is 5.41. The zero-order valence-corrected chi connectivity index (χ0v) is 10.5. The van der Waals surface area contributed by atoms with Gasteiger partial charge in [0.15, 0.2) is 0 Å². The monoisotopic (exact) mass is 223 g/mol. The summed E-state index contributed by atoms with van der Waals surface area (Å²) in [6.45, 7) is 2.40. The van der Waals surface area contributed by atoms with Gasteiger partial charge in [0.05, 0.1) is 0 Å². The number of thiophene rings is 1. The van der Waals surface area contributed by atoms with Crippen LogP contribution in [0.1, 0.15) is 31.1 Å². The summed E-state index contributed by atoms with van der Waals surface area (Å²) in [5, 5.41) is 5.68. The molecular weight excluding hydrogens is 202 g/mol. The maximum absolute atomic E-state index is 3.49.